The van der Waals surface area contributed by atoms with Crippen LogP contribution in [0.1, 0.15) is 0 Å². The molecule has 5 N–H and O–H groups in total. The Morgan fingerprint density at radius 3 is 2.00 bits per heavy atom. The summed E-state index contributed by atoms with van der Waals surface area (Å²) >= 11 is 0. The van der Waals surface area contributed by atoms with Crippen molar-refractivity contribution >= 4 is 11.9 Å². The van der Waals surface area contributed by atoms with E-state index in [-0.39, 0.29) is 0 Å². The fourth-order valence-electron chi connectivity index (χ4n) is 1.81. The van der Waals surface area contributed by atoms with Crippen molar-refractivity contribution in [2.45, 2.75) is 30.1 Å². The summed E-state index contributed by atoms with van der Waals surface area (Å²) in [6.45, 7) is -1.23. The minimum absolute atomic E-state index is 0.669. The molecule has 4 atom stereocenters. The molecule has 10 nitrogen and oxygen atoms in total. The number of esters is 2. The Morgan fingerprint density at radius 1 is 1.05 bits per heavy atom. The van der Waals surface area contributed by atoms with Gasteiger partial charge >= 0.3 is 17.9 Å². The van der Waals surface area contributed by atoms with Crippen molar-refractivity contribution in [3.63, 3.8) is 0 Å². The predicted molar refractivity (Wildman–Crippen MR) is 55.2 cm³/mol. The van der Waals surface area contributed by atoms with Crippen molar-refractivity contribution < 1.29 is 49.3 Å². The van der Waals surface area contributed by atoms with Crippen LogP contribution >= 0.6 is 0 Å². The molecule has 2 heterocycles. The number of rotatable bonds is 1. The molecule has 0 aliphatic carbocycles. The lowest BCUT2D eigenvalue weighted by Gasteiger charge is -2.48. The van der Waals surface area contributed by atoms with E-state index in [1.54, 1.807) is 0 Å². The molecule has 20 heavy (non-hydrogen) atoms. The molecule has 0 saturated carbocycles. The molecule has 1 saturated heterocycles. The Morgan fingerprint density at radius 2 is 1.55 bits per heavy atom. The summed E-state index contributed by atoms with van der Waals surface area (Å²) in [5.41, 5.74) is 0. The topological polar surface area (TPSA) is 163 Å². The maximum Gasteiger partial charge on any atom is 0.409 e. The van der Waals surface area contributed by atoms with Crippen molar-refractivity contribution in [1.29, 1.82) is 0 Å². The van der Waals surface area contributed by atoms with E-state index >= 15 is 0 Å². The highest BCUT2D eigenvalue weighted by Crippen LogP contribution is 2.37. The normalized spacial score (nSPS) is 40.1. The van der Waals surface area contributed by atoms with Crippen LogP contribution in [0.5, 0.6) is 0 Å². The maximum absolute atomic E-state index is 11.3. The number of carbonyl (C=O) groups excluding carboxylic acids is 2. The van der Waals surface area contributed by atoms with Crippen LogP contribution in [0.2, 0.25) is 0 Å². The SMILES string of the molecule is O=C1C=CC(=O)OC2(O1)O[C@@](O)(CO)[C@@H](O)[C@H](O)[C@@H]2O. The standard InChI is InChI=1S/C10H12O10/c11-3-9(17)7(15)6(14)8(16)10(20-9)18-4(12)1-2-5(13)19-10/h1-2,6-8,11,14-17H,3H2/t6-,7-,8-,9-/m0/s1. The average Bonchev–Trinajstić information content (AvgIpc) is 2.54. The number of ether oxygens (including phenoxy) is 3. The third kappa shape index (κ3) is 2.18. The summed E-state index contributed by atoms with van der Waals surface area (Å²) in [6, 6.07) is 0. The number of hydrogen-bond acceptors (Lipinski definition) is 10. The monoisotopic (exact) mass is 292 g/mol. The van der Waals surface area contributed by atoms with Gasteiger partial charge in [-0.25, -0.2) is 9.59 Å². The first-order valence-corrected chi connectivity index (χ1v) is 5.46. The van der Waals surface area contributed by atoms with E-state index in [0.29, 0.717) is 12.2 Å². The van der Waals surface area contributed by atoms with Gasteiger partial charge in [-0.15, -0.1) is 0 Å². The number of aliphatic hydroxyl groups excluding tert-OH is 4. The first kappa shape index (κ1) is 14.8. The van der Waals surface area contributed by atoms with Crippen molar-refractivity contribution in [3.05, 3.63) is 12.2 Å². The van der Waals surface area contributed by atoms with E-state index in [1.165, 1.54) is 0 Å². The van der Waals surface area contributed by atoms with E-state index in [4.69, 9.17) is 5.11 Å². The van der Waals surface area contributed by atoms with Crippen LogP contribution < -0.4 is 0 Å². The molecule has 0 aromatic carbocycles. The van der Waals surface area contributed by atoms with Crippen molar-refractivity contribution in [1.82, 2.24) is 0 Å². The van der Waals surface area contributed by atoms with Gasteiger partial charge in [-0.1, -0.05) is 0 Å². The second-order valence-corrected chi connectivity index (χ2v) is 4.26. The van der Waals surface area contributed by atoms with E-state index in [0.717, 1.165) is 0 Å². The Labute approximate surface area is 111 Å². The highest BCUT2D eigenvalue weighted by molar-refractivity contribution is 5.93. The van der Waals surface area contributed by atoms with Crippen molar-refractivity contribution in [3.8, 4) is 0 Å². The van der Waals surface area contributed by atoms with Crippen molar-refractivity contribution in [2.24, 2.45) is 0 Å². The first-order valence-electron chi connectivity index (χ1n) is 5.46. The average molecular weight is 292 g/mol. The summed E-state index contributed by atoms with van der Waals surface area (Å²) in [6.07, 6.45) is -5.14. The zero-order valence-corrected chi connectivity index (χ0v) is 9.87. The van der Waals surface area contributed by atoms with Gasteiger partial charge in [-0.2, -0.15) is 0 Å². The molecule has 0 aromatic rings. The molecule has 112 valence electrons. The minimum Gasteiger partial charge on any atom is -0.392 e. The Hall–Kier alpha value is -1.56. The molecule has 2 aliphatic heterocycles. The van der Waals surface area contributed by atoms with E-state index in [1.807, 2.05) is 0 Å². The molecule has 0 unspecified atom stereocenters. The lowest BCUT2D eigenvalue weighted by Crippen LogP contribution is -2.72. The van der Waals surface area contributed by atoms with E-state index in [2.05, 4.69) is 14.2 Å². The lowest BCUT2D eigenvalue weighted by molar-refractivity contribution is -0.489. The van der Waals surface area contributed by atoms with Gasteiger partial charge in [0.05, 0.1) is 0 Å². The van der Waals surface area contributed by atoms with Gasteiger partial charge < -0.3 is 35.0 Å². The van der Waals surface area contributed by atoms with Crippen LogP contribution in [0, 0.1) is 0 Å². The third-order valence-electron chi connectivity index (χ3n) is 2.86. The second-order valence-electron chi connectivity index (χ2n) is 4.26. The van der Waals surface area contributed by atoms with Gasteiger partial charge in [0.1, 0.15) is 18.8 Å². The summed E-state index contributed by atoms with van der Waals surface area (Å²) in [5.74, 6) is -8.05. The van der Waals surface area contributed by atoms with E-state index in [9.17, 15) is 30.0 Å². The second kappa shape index (κ2) is 4.77. The molecular weight excluding hydrogens is 280 g/mol. The van der Waals surface area contributed by atoms with Crippen LogP contribution in [-0.2, 0) is 23.8 Å². The molecule has 0 radical (unpaired) electrons. The smallest absolute Gasteiger partial charge is 0.392 e. The zero-order chi connectivity index (χ0) is 15.1. The zero-order valence-electron chi connectivity index (χ0n) is 9.87. The number of aliphatic hydroxyl groups is 5. The van der Waals surface area contributed by atoms with Crippen LogP contribution in [0.3, 0.4) is 0 Å². The summed E-state index contributed by atoms with van der Waals surface area (Å²) in [7, 11) is 0. The molecule has 2 rings (SSSR count). The van der Waals surface area contributed by atoms with Crippen LogP contribution in [0.4, 0.5) is 0 Å². The quantitative estimate of drug-likeness (QED) is 0.302. The molecule has 1 fully saturated rings. The van der Waals surface area contributed by atoms with Crippen LogP contribution in [0.15, 0.2) is 12.2 Å². The molecule has 1 spiro atoms. The first-order chi connectivity index (χ1) is 9.24. The van der Waals surface area contributed by atoms with Gasteiger partial charge in [0, 0.05) is 12.2 Å². The van der Waals surface area contributed by atoms with Gasteiger partial charge in [0.15, 0.2) is 6.10 Å². The van der Waals surface area contributed by atoms with Crippen LogP contribution in [0.25, 0.3) is 0 Å². The number of carbonyl (C=O) groups is 2. The number of hydrogen-bond donors (Lipinski definition) is 5. The fraction of sp³-hybridized carbons (Fsp3) is 0.600. The van der Waals surface area contributed by atoms with Gasteiger partial charge in [-0.05, 0) is 0 Å². The molecule has 0 aromatic heterocycles. The summed E-state index contributed by atoms with van der Waals surface area (Å²) < 4.78 is 13.8. The Bertz CT molecular complexity index is 439. The largest absolute Gasteiger partial charge is 0.409 e. The Kier molecular flexibility index (Phi) is 3.54. The van der Waals surface area contributed by atoms with Crippen LogP contribution in [-0.4, -0.2) is 74.2 Å². The van der Waals surface area contributed by atoms with Gasteiger partial charge in [0.25, 0.3) is 0 Å². The molecule has 10 heteroatoms. The fourth-order valence-corrected chi connectivity index (χ4v) is 1.81. The lowest BCUT2D eigenvalue weighted by atomic mass is 9.95. The highest BCUT2D eigenvalue weighted by atomic mass is 16.9. The molecule has 0 amide bonds. The summed E-state index contributed by atoms with van der Waals surface area (Å²) in [5, 5.41) is 47.8. The predicted octanol–water partition coefficient (Wildman–Crippen LogP) is -3.91. The van der Waals surface area contributed by atoms with E-state index < -0.39 is 48.6 Å². The molecule has 0 bridgehead atoms. The highest BCUT2D eigenvalue weighted by Gasteiger charge is 2.65. The third-order valence-corrected chi connectivity index (χ3v) is 2.86. The minimum atomic E-state index is -2.90. The maximum atomic E-state index is 11.3. The Balaban J connectivity index is 2.43. The van der Waals surface area contributed by atoms with Gasteiger partial charge in [-0.3, -0.25) is 4.74 Å². The van der Waals surface area contributed by atoms with Crippen molar-refractivity contribution in [2.75, 3.05) is 6.61 Å². The molecule has 2 aliphatic rings. The molecular formula is C10H12O10. The summed E-state index contributed by atoms with van der Waals surface area (Å²) in [4.78, 5) is 22.6. The van der Waals surface area contributed by atoms with Gasteiger partial charge in [0.2, 0.25) is 5.79 Å².